The Hall–Kier alpha value is -4.12. The number of carboxylic acids is 2. The largest absolute Gasteiger partial charge is 0.508 e. The van der Waals surface area contributed by atoms with Crippen LogP contribution in [0.5, 0.6) is 11.5 Å². The second-order valence-electron chi connectivity index (χ2n) is 7.41. The highest BCUT2D eigenvalue weighted by molar-refractivity contribution is 5.93. The van der Waals surface area contributed by atoms with Crippen LogP contribution in [-0.2, 0) is 32.0 Å². The van der Waals surface area contributed by atoms with E-state index in [1.165, 1.54) is 48.5 Å². The zero-order valence-electron chi connectivity index (χ0n) is 17.5. The number of hydrogen-bond acceptors (Lipinski definition) is 7. The van der Waals surface area contributed by atoms with Crippen LogP contribution in [0.1, 0.15) is 17.5 Å². The molecule has 2 aromatic carbocycles. The van der Waals surface area contributed by atoms with Crippen LogP contribution in [0, 0.1) is 0 Å². The standard InChI is InChI=1S/C22H25N3O8/c23-16(11-19(28)29)20(30)24-17(9-12-1-5-14(26)6-2-12)21(31)25-18(22(32)33)10-13-3-7-15(27)8-4-13/h1-8,16-18,26-27H,9-11,23H2,(H,24,30)(H,25,31)(H,28,29)(H,32,33). The van der Waals surface area contributed by atoms with E-state index in [0.717, 1.165) is 0 Å². The van der Waals surface area contributed by atoms with Gasteiger partial charge in [0.25, 0.3) is 0 Å². The summed E-state index contributed by atoms with van der Waals surface area (Å²) in [7, 11) is 0. The fraction of sp³-hybridized carbons (Fsp3) is 0.273. The Bertz CT molecular complexity index is 992. The van der Waals surface area contributed by atoms with Gasteiger partial charge in [-0.15, -0.1) is 0 Å². The van der Waals surface area contributed by atoms with E-state index in [4.69, 9.17) is 10.8 Å². The van der Waals surface area contributed by atoms with E-state index in [-0.39, 0.29) is 24.3 Å². The number of benzene rings is 2. The highest BCUT2D eigenvalue weighted by Crippen LogP contribution is 2.13. The van der Waals surface area contributed by atoms with Crippen molar-refractivity contribution in [1.29, 1.82) is 0 Å². The maximum atomic E-state index is 12.9. The molecule has 3 unspecified atom stereocenters. The van der Waals surface area contributed by atoms with Gasteiger partial charge in [-0.1, -0.05) is 24.3 Å². The van der Waals surface area contributed by atoms with Crippen molar-refractivity contribution in [3.05, 3.63) is 59.7 Å². The molecule has 11 nitrogen and oxygen atoms in total. The van der Waals surface area contributed by atoms with Crippen molar-refractivity contribution in [2.24, 2.45) is 5.73 Å². The van der Waals surface area contributed by atoms with E-state index in [1.807, 2.05) is 0 Å². The van der Waals surface area contributed by atoms with Gasteiger partial charge in [-0.2, -0.15) is 0 Å². The quantitative estimate of drug-likeness (QED) is 0.236. The second-order valence-corrected chi connectivity index (χ2v) is 7.41. The number of nitrogens with one attached hydrogen (secondary N) is 2. The van der Waals surface area contributed by atoms with Crippen molar-refractivity contribution in [3.63, 3.8) is 0 Å². The number of amides is 2. The Labute approximate surface area is 188 Å². The van der Waals surface area contributed by atoms with E-state index in [0.29, 0.717) is 11.1 Å². The fourth-order valence-corrected chi connectivity index (χ4v) is 2.98. The molecule has 0 heterocycles. The first-order valence-electron chi connectivity index (χ1n) is 9.92. The molecule has 0 spiro atoms. The molecule has 3 atom stereocenters. The van der Waals surface area contributed by atoms with Crippen LogP contribution in [-0.4, -0.2) is 62.3 Å². The zero-order valence-corrected chi connectivity index (χ0v) is 17.5. The van der Waals surface area contributed by atoms with E-state index >= 15 is 0 Å². The summed E-state index contributed by atoms with van der Waals surface area (Å²) >= 11 is 0. The molecule has 8 N–H and O–H groups in total. The number of phenols is 2. The Morgan fingerprint density at radius 2 is 1.15 bits per heavy atom. The number of phenolic OH excluding ortho intramolecular Hbond substituents is 2. The van der Waals surface area contributed by atoms with Gasteiger partial charge in [0.15, 0.2) is 0 Å². The number of aliphatic carboxylic acids is 2. The van der Waals surface area contributed by atoms with Gasteiger partial charge in [0.1, 0.15) is 23.6 Å². The summed E-state index contributed by atoms with van der Waals surface area (Å²) in [4.78, 5) is 47.8. The van der Waals surface area contributed by atoms with Gasteiger partial charge in [-0.25, -0.2) is 4.79 Å². The van der Waals surface area contributed by atoms with Crippen molar-refractivity contribution in [3.8, 4) is 11.5 Å². The minimum atomic E-state index is -1.41. The average molecular weight is 459 g/mol. The number of aromatic hydroxyl groups is 2. The number of rotatable bonds is 11. The van der Waals surface area contributed by atoms with Crippen LogP contribution in [0.4, 0.5) is 0 Å². The van der Waals surface area contributed by atoms with Crippen LogP contribution >= 0.6 is 0 Å². The first-order chi connectivity index (χ1) is 15.5. The van der Waals surface area contributed by atoms with Crippen LogP contribution < -0.4 is 16.4 Å². The van der Waals surface area contributed by atoms with Crippen molar-refractivity contribution in [1.82, 2.24) is 10.6 Å². The predicted octanol–water partition coefficient (Wildman–Crippen LogP) is -0.261. The molecule has 0 saturated carbocycles. The SMILES string of the molecule is NC(CC(=O)O)C(=O)NC(Cc1ccc(O)cc1)C(=O)NC(Cc1ccc(O)cc1)C(=O)O. The summed E-state index contributed by atoms with van der Waals surface area (Å²) in [5.74, 6) is -4.31. The number of carbonyl (C=O) groups is 4. The molecule has 11 heteroatoms. The van der Waals surface area contributed by atoms with Crippen molar-refractivity contribution >= 4 is 23.8 Å². The van der Waals surface area contributed by atoms with Gasteiger partial charge in [-0.3, -0.25) is 14.4 Å². The molecule has 0 radical (unpaired) electrons. The summed E-state index contributed by atoms with van der Waals surface area (Å²) < 4.78 is 0. The molecule has 0 aliphatic rings. The Kier molecular flexibility index (Phi) is 8.75. The van der Waals surface area contributed by atoms with Crippen LogP contribution in [0.15, 0.2) is 48.5 Å². The van der Waals surface area contributed by atoms with E-state index in [1.54, 1.807) is 0 Å². The molecule has 33 heavy (non-hydrogen) atoms. The lowest BCUT2D eigenvalue weighted by atomic mass is 10.0. The molecule has 0 aliphatic heterocycles. The minimum Gasteiger partial charge on any atom is -0.508 e. The lowest BCUT2D eigenvalue weighted by Crippen LogP contribution is -2.55. The average Bonchev–Trinajstić information content (AvgIpc) is 2.75. The summed E-state index contributed by atoms with van der Waals surface area (Å²) in [5, 5.41) is 41.9. The monoisotopic (exact) mass is 459 g/mol. The third-order valence-electron chi connectivity index (χ3n) is 4.73. The normalized spacial score (nSPS) is 13.4. The summed E-state index contributed by atoms with van der Waals surface area (Å²) in [5.41, 5.74) is 6.66. The molecule has 0 aromatic heterocycles. The number of carbonyl (C=O) groups excluding carboxylic acids is 2. The minimum absolute atomic E-state index is 0.00374. The first kappa shape index (κ1) is 25.1. The highest BCUT2D eigenvalue weighted by Gasteiger charge is 2.29. The topological polar surface area (TPSA) is 199 Å². The highest BCUT2D eigenvalue weighted by atomic mass is 16.4. The molecule has 2 rings (SSSR count). The number of carboxylic acid groups (broad SMARTS) is 2. The Balaban J connectivity index is 2.19. The lowest BCUT2D eigenvalue weighted by Gasteiger charge is -2.23. The molecule has 2 aromatic rings. The van der Waals surface area contributed by atoms with Gasteiger partial charge in [-0.05, 0) is 35.4 Å². The molecule has 0 bridgehead atoms. The van der Waals surface area contributed by atoms with Crippen LogP contribution in [0.3, 0.4) is 0 Å². The van der Waals surface area contributed by atoms with Gasteiger partial charge in [0, 0.05) is 12.8 Å². The van der Waals surface area contributed by atoms with Gasteiger partial charge in [0.2, 0.25) is 11.8 Å². The molecule has 0 saturated heterocycles. The fourth-order valence-electron chi connectivity index (χ4n) is 2.98. The summed E-state index contributed by atoms with van der Waals surface area (Å²) in [6, 6.07) is 7.58. The molecule has 0 aliphatic carbocycles. The van der Waals surface area contributed by atoms with E-state index < -0.39 is 48.3 Å². The number of nitrogens with two attached hydrogens (primary N) is 1. The van der Waals surface area contributed by atoms with Crippen molar-refractivity contribution in [2.45, 2.75) is 37.4 Å². The maximum Gasteiger partial charge on any atom is 0.326 e. The van der Waals surface area contributed by atoms with Gasteiger partial charge in [0.05, 0.1) is 12.5 Å². The van der Waals surface area contributed by atoms with Crippen LogP contribution in [0.25, 0.3) is 0 Å². The molecular formula is C22H25N3O8. The summed E-state index contributed by atoms with van der Waals surface area (Å²) in [6.45, 7) is 0. The molecule has 0 fully saturated rings. The Morgan fingerprint density at radius 1 is 0.727 bits per heavy atom. The molecule has 176 valence electrons. The van der Waals surface area contributed by atoms with E-state index in [9.17, 15) is 34.5 Å². The predicted molar refractivity (Wildman–Crippen MR) is 115 cm³/mol. The third kappa shape index (κ3) is 8.15. The smallest absolute Gasteiger partial charge is 0.326 e. The zero-order chi connectivity index (χ0) is 24.5. The van der Waals surface area contributed by atoms with E-state index in [2.05, 4.69) is 10.6 Å². The third-order valence-corrected chi connectivity index (χ3v) is 4.73. The first-order valence-corrected chi connectivity index (χ1v) is 9.92. The summed E-state index contributed by atoms with van der Waals surface area (Å²) in [6.07, 6.45) is -0.805. The van der Waals surface area contributed by atoms with Gasteiger partial charge < -0.3 is 36.8 Å². The molecular weight excluding hydrogens is 434 g/mol. The Morgan fingerprint density at radius 3 is 1.58 bits per heavy atom. The molecule has 2 amide bonds. The van der Waals surface area contributed by atoms with Crippen molar-refractivity contribution < 1.29 is 39.6 Å². The van der Waals surface area contributed by atoms with Gasteiger partial charge >= 0.3 is 11.9 Å². The van der Waals surface area contributed by atoms with Crippen molar-refractivity contribution in [2.75, 3.05) is 0 Å². The second kappa shape index (κ2) is 11.5. The maximum absolute atomic E-state index is 12.9. The van der Waals surface area contributed by atoms with Crippen LogP contribution in [0.2, 0.25) is 0 Å². The lowest BCUT2D eigenvalue weighted by molar-refractivity contribution is -0.142. The number of hydrogen-bond donors (Lipinski definition) is 7.